The zero-order valence-corrected chi connectivity index (χ0v) is 14.0. The molecule has 0 spiro atoms. The summed E-state index contributed by atoms with van der Waals surface area (Å²) in [6.07, 6.45) is 0.286. The Morgan fingerprint density at radius 2 is 2.17 bits per heavy atom. The number of carbonyl (C=O) groups is 1. The molecule has 0 aliphatic rings. The number of hydrogen-bond acceptors (Lipinski definition) is 2. The molecule has 120 valence electrons. The van der Waals surface area contributed by atoms with Crippen LogP contribution in [-0.2, 0) is 17.8 Å². The van der Waals surface area contributed by atoms with Gasteiger partial charge >= 0.3 is 0 Å². The molecule has 3 aromatic rings. The summed E-state index contributed by atoms with van der Waals surface area (Å²) in [5.74, 6) is -0.217. The molecule has 0 bridgehead atoms. The van der Waals surface area contributed by atoms with Crippen LogP contribution in [0.5, 0.6) is 0 Å². The molecule has 3 rings (SSSR count). The topological polar surface area (TPSA) is 36.1 Å². The summed E-state index contributed by atoms with van der Waals surface area (Å²) in [5.41, 5.74) is 2.67. The monoisotopic (exact) mass is 330 g/mol. The predicted octanol–water partition coefficient (Wildman–Crippen LogP) is 4.27. The minimum absolute atomic E-state index is 0.0640. The molecule has 0 saturated heterocycles. The van der Waals surface area contributed by atoms with Gasteiger partial charge in [0.1, 0.15) is 5.82 Å². The number of aromatic nitrogens is 1. The summed E-state index contributed by atoms with van der Waals surface area (Å²) < 4.78 is 13.5. The van der Waals surface area contributed by atoms with Gasteiger partial charge in [0.05, 0.1) is 13.0 Å². The Morgan fingerprint density at radius 3 is 2.87 bits per heavy atom. The number of nitrogens with one attached hydrogen (secondary N) is 1. The standard InChI is InChI=1S/C18H19FN2OS/c1-3-21(11-14-5-4-8-23-14)18(22)10-15-12(2)20-17-7-6-13(19)9-16(15)17/h4-9,20H,3,10-11H2,1-2H3. The van der Waals surface area contributed by atoms with Gasteiger partial charge in [-0.2, -0.15) is 0 Å². The number of thiophene rings is 1. The maximum atomic E-state index is 13.5. The van der Waals surface area contributed by atoms with Gasteiger partial charge in [-0.1, -0.05) is 6.07 Å². The van der Waals surface area contributed by atoms with E-state index in [4.69, 9.17) is 0 Å². The van der Waals surface area contributed by atoms with Crippen molar-refractivity contribution in [1.29, 1.82) is 0 Å². The maximum Gasteiger partial charge on any atom is 0.227 e. The van der Waals surface area contributed by atoms with Crippen LogP contribution < -0.4 is 0 Å². The molecule has 0 aliphatic heterocycles. The average molecular weight is 330 g/mol. The van der Waals surface area contributed by atoms with E-state index in [1.54, 1.807) is 17.4 Å². The van der Waals surface area contributed by atoms with E-state index in [0.29, 0.717) is 13.1 Å². The molecular weight excluding hydrogens is 311 g/mol. The molecule has 1 amide bonds. The van der Waals surface area contributed by atoms with Crippen molar-refractivity contribution in [1.82, 2.24) is 9.88 Å². The minimum Gasteiger partial charge on any atom is -0.358 e. The second kappa shape index (κ2) is 6.54. The molecule has 2 heterocycles. The van der Waals surface area contributed by atoms with Gasteiger partial charge in [-0.05, 0) is 49.1 Å². The van der Waals surface area contributed by atoms with Gasteiger partial charge in [-0.15, -0.1) is 11.3 Å². The van der Waals surface area contributed by atoms with Crippen molar-refractivity contribution in [2.24, 2.45) is 0 Å². The van der Waals surface area contributed by atoms with Crippen molar-refractivity contribution in [3.05, 3.63) is 57.7 Å². The Labute approximate surface area is 138 Å². The highest BCUT2D eigenvalue weighted by Gasteiger charge is 2.18. The van der Waals surface area contributed by atoms with Crippen LogP contribution in [0.3, 0.4) is 0 Å². The summed E-state index contributed by atoms with van der Waals surface area (Å²) in [6.45, 7) is 5.19. The fourth-order valence-electron chi connectivity index (χ4n) is 2.81. The molecule has 0 aliphatic carbocycles. The van der Waals surface area contributed by atoms with Crippen molar-refractivity contribution in [2.45, 2.75) is 26.8 Å². The van der Waals surface area contributed by atoms with Gasteiger partial charge in [-0.3, -0.25) is 4.79 Å². The molecule has 2 aromatic heterocycles. The number of aromatic amines is 1. The number of fused-ring (bicyclic) bond motifs is 1. The number of H-pyrrole nitrogens is 1. The van der Waals surface area contributed by atoms with E-state index in [9.17, 15) is 9.18 Å². The van der Waals surface area contributed by atoms with Crippen molar-refractivity contribution in [3.8, 4) is 0 Å². The summed E-state index contributed by atoms with van der Waals surface area (Å²) in [4.78, 5) is 18.9. The maximum absolute atomic E-state index is 13.5. The Hall–Kier alpha value is -2.14. The third-order valence-electron chi connectivity index (χ3n) is 4.07. The first-order chi connectivity index (χ1) is 11.1. The van der Waals surface area contributed by atoms with Gasteiger partial charge < -0.3 is 9.88 Å². The van der Waals surface area contributed by atoms with Crippen molar-refractivity contribution in [3.63, 3.8) is 0 Å². The van der Waals surface area contributed by atoms with E-state index in [-0.39, 0.29) is 18.1 Å². The average Bonchev–Trinajstić information content (AvgIpc) is 3.14. The Balaban J connectivity index is 1.84. The number of aryl methyl sites for hydroxylation is 1. The molecule has 0 atom stereocenters. The first-order valence-corrected chi connectivity index (χ1v) is 8.53. The first-order valence-electron chi connectivity index (χ1n) is 7.65. The summed E-state index contributed by atoms with van der Waals surface area (Å²) in [7, 11) is 0. The van der Waals surface area contributed by atoms with E-state index in [0.717, 1.165) is 22.2 Å². The lowest BCUT2D eigenvalue weighted by molar-refractivity contribution is -0.130. The summed E-state index contributed by atoms with van der Waals surface area (Å²) in [6, 6.07) is 8.67. The quantitative estimate of drug-likeness (QED) is 0.745. The van der Waals surface area contributed by atoms with Crippen molar-refractivity contribution >= 4 is 28.1 Å². The smallest absolute Gasteiger partial charge is 0.227 e. The zero-order valence-electron chi connectivity index (χ0n) is 13.2. The first kappa shape index (κ1) is 15.7. The molecular formula is C18H19FN2OS. The second-order valence-corrected chi connectivity index (χ2v) is 6.61. The Kier molecular flexibility index (Phi) is 4.48. The lowest BCUT2D eigenvalue weighted by Crippen LogP contribution is -2.31. The van der Waals surface area contributed by atoms with Crippen LogP contribution in [0.4, 0.5) is 4.39 Å². The highest BCUT2D eigenvalue weighted by molar-refractivity contribution is 7.09. The number of rotatable bonds is 5. The lowest BCUT2D eigenvalue weighted by atomic mass is 10.1. The number of carbonyl (C=O) groups excluding carboxylic acids is 1. The third-order valence-corrected chi connectivity index (χ3v) is 4.93. The van der Waals surface area contributed by atoms with Crippen molar-refractivity contribution in [2.75, 3.05) is 6.54 Å². The fraction of sp³-hybridized carbons (Fsp3) is 0.278. The largest absolute Gasteiger partial charge is 0.358 e. The molecule has 0 radical (unpaired) electrons. The van der Waals surface area contributed by atoms with Gasteiger partial charge in [-0.25, -0.2) is 4.39 Å². The van der Waals surface area contributed by atoms with E-state index in [2.05, 4.69) is 4.98 Å². The summed E-state index contributed by atoms with van der Waals surface area (Å²) >= 11 is 1.65. The molecule has 3 nitrogen and oxygen atoms in total. The van der Waals surface area contributed by atoms with Crippen LogP contribution >= 0.6 is 11.3 Å². The minimum atomic E-state index is -0.281. The van der Waals surface area contributed by atoms with Crippen LogP contribution in [0, 0.1) is 12.7 Å². The molecule has 5 heteroatoms. The molecule has 0 fully saturated rings. The molecule has 1 N–H and O–H groups in total. The molecule has 0 unspecified atom stereocenters. The number of halogens is 1. The Bertz CT molecular complexity index is 823. The van der Waals surface area contributed by atoms with Gasteiger partial charge in [0, 0.05) is 28.0 Å². The summed E-state index contributed by atoms with van der Waals surface area (Å²) in [5, 5.41) is 2.81. The van der Waals surface area contributed by atoms with E-state index >= 15 is 0 Å². The zero-order chi connectivity index (χ0) is 16.4. The Morgan fingerprint density at radius 1 is 1.35 bits per heavy atom. The van der Waals surface area contributed by atoms with E-state index in [1.165, 1.54) is 17.0 Å². The number of benzene rings is 1. The fourth-order valence-corrected chi connectivity index (χ4v) is 3.53. The van der Waals surface area contributed by atoms with Crippen LogP contribution in [0.2, 0.25) is 0 Å². The number of amides is 1. The lowest BCUT2D eigenvalue weighted by Gasteiger charge is -2.20. The number of hydrogen-bond donors (Lipinski definition) is 1. The van der Waals surface area contributed by atoms with Crippen LogP contribution in [0.25, 0.3) is 10.9 Å². The van der Waals surface area contributed by atoms with Crippen LogP contribution in [0.15, 0.2) is 35.7 Å². The third kappa shape index (κ3) is 3.29. The van der Waals surface area contributed by atoms with Gasteiger partial charge in [0.2, 0.25) is 5.91 Å². The van der Waals surface area contributed by atoms with Crippen molar-refractivity contribution < 1.29 is 9.18 Å². The highest BCUT2D eigenvalue weighted by Crippen LogP contribution is 2.24. The molecule has 23 heavy (non-hydrogen) atoms. The van der Waals surface area contributed by atoms with E-state index < -0.39 is 0 Å². The highest BCUT2D eigenvalue weighted by atomic mass is 32.1. The van der Waals surface area contributed by atoms with Gasteiger partial charge in [0.15, 0.2) is 0 Å². The number of likely N-dealkylation sites (N-methyl/N-ethyl adjacent to an activating group) is 1. The van der Waals surface area contributed by atoms with Gasteiger partial charge in [0.25, 0.3) is 0 Å². The predicted molar refractivity (Wildman–Crippen MR) is 92.1 cm³/mol. The van der Waals surface area contributed by atoms with E-state index in [1.807, 2.05) is 36.3 Å². The van der Waals surface area contributed by atoms with Crippen LogP contribution in [0.1, 0.15) is 23.1 Å². The normalized spacial score (nSPS) is 11.1. The second-order valence-electron chi connectivity index (χ2n) is 5.58. The molecule has 1 aromatic carbocycles. The molecule has 0 saturated carbocycles. The SMILES string of the molecule is CCN(Cc1cccs1)C(=O)Cc1c(C)[nH]c2ccc(F)cc12. The van der Waals surface area contributed by atoms with Crippen LogP contribution in [-0.4, -0.2) is 22.3 Å². The number of nitrogens with zero attached hydrogens (tertiary/aromatic N) is 1.